The van der Waals surface area contributed by atoms with Crippen LogP contribution in [0.1, 0.15) is 21.9 Å². The van der Waals surface area contributed by atoms with Crippen LogP contribution in [-0.4, -0.2) is 12.9 Å². The van der Waals surface area contributed by atoms with E-state index >= 15 is 0 Å². The minimum Gasteiger partial charge on any atom is -0.497 e. The van der Waals surface area contributed by atoms with Crippen LogP contribution in [0.15, 0.2) is 40.8 Å². The van der Waals surface area contributed by atoms with Crippen LogP contribution in [0, 0.1) is 6.92 Å². The van der Waals surface area contributed by atoms with Gasteiger partial charge in [0.15, 0.2) is 5.76 Å². The molecule has 0 saturated heterocycles. The van der Waals surface area contributed by atoms with Gasteiger partial charge in [-0.15, -0.1) is 0 Å². The normalized spacial score (nSPS) is 10.1. The number of ether oxygens (including phenoxy) is 1. The number of hydrogen-bond acceptors (Lipinski definition) is 3. The van der Waals surface area contributed by atoms with Gasteiger partial charge in [0, 0.05) is 5.56 Å². The van der Waals surface area contributed by atoms with Crippen molar-refractivity contribution in [3.63, 3.8) is 0 Å². The van der Waals surface area contributed by atoms with Crippen molar-refractivity contribution in [2.45, 2.75) is 6.92 Å². The van der Waals surface area contributed by atoms with E-state index in [4.69, 9.17) is 9.15 Å². The number of furan rings is 1. The zero-order valence-electron chi connectivity index (χ0n) is 9.19. The van der Waals surface area contributed by atoms with Crippen LogP contribution >= 0.6 is 0 Å². The number of aryl methyl sites for hydroxylation is 1. The summed E-state index contributed by atoms with van der Waals surface area (Å²) >= 11 is 0. The molecular weight excluding hydrogens is 204 g/mol. The van der Waals surface area contributed by atoms with E-state index in [9.17, 15) is 4.79 Å². The summed E-state index contributed by atoms with van der Waals surface area (Å²) in [4.78, 5) is 11.9. The molecule has 0 aliphatic heterocycles. The summed E-state index contributed by atoms with van der Waals surface area (Å²) in [7, 11) is 1.59. The molecule has 0 saturated carbocycles. The van der Waals surface area contributed by atoms with Crippen LogP contribution in [0.25, 0.3) is 0 Å². The molecule has 0 radical (unpaired) electrons. The van der Waals surface area contributed by atoms with Crippen LogP contribution in [0.5, 0.6) is 5.75 Å². The van der Waals surface area contributed by atoms with Crippen molar-refractivity contribution in [1.82, 2.24) is 0 Å². The van der Waals surface area contributed by atoms with Crippen molar-refractivity contribution in [1.29, 1.82) is 0 Å². The van der Waals surface area contributed by atoms with Crippen molar-refractivity contribution < 1.29 is 13.9 Å². The van der Waals surface area contributed by atoms with Gasteiger partial charge in [-0.05, 0) is 43.3 Å². The van der Waals surface area contributed by atoms with E-state index in [1.165, 1.54) is 0 Å². The molecule has 3 heteroatoms. The smallest absolute Gasteiger partial charge is 0.228 e. The molecule has 2 aromatic rings. The Kier molecular flexibility index (Phi) is 2.77. The monoisotopic (exact) mass is 216 g/mol. The highest BCUT2D eigenvalue weighted by atomic mass is 16.5. The topological polar surface area (TPSA) is 39.4 Å². The van der Waals surface area contributed by atoms with Gasteiger partial charge in [-0.1, -0.05) is 0 Å². The fourth-order valence-electron chi connectivity index (χ4n) is 1.44. The lowest BCUT2D eigenvalue weighted by Crippen LogP contribution is -1.99. The Morgan fingerprint density at radius 3 is 2.31 bits per heavy atom. The number of carbonyl (C=O) groups is 1. The predicted molar refractivity (Wildman–Crippen MR) is 59.9 cm³/mol. The van der Waals surface area contributed by atoms with E-state index in [1.807, 2.05) is 6.92 Å². The first-order valence-electron chi connectivity index (χ1n) is 4.96. The number of rotatable bonds is 3. The molecule has 16 heavy (non-hydrogen) atoms. The first kappa shape index (κ1) is 10.5. The van der Waals surface area contributed by atoms with Crippen molar-refractivity contribution in [3.8, 4) is 5.75 Å². The van der Waals surface area contributed by atoms with E-state index < -0.39 is 0 Å². The molecule has 0 fully saturated rings. The zero-order valence-corrected chi connectivity index (χ0v) is 9.19. The molecular formula is C13H12O3. The molecule has 1 aromatic heterocycles. The fourth-order valence-corrected chi connectivity index (χ4v) is 1.44. The average Bonchev–Trinajstić information content (AvgIpc) is 2.75. The summed E-state index contributed by atoms with van der Waals surface area (Å²) < 4.78 is 10.3. The second-order valence-corrected chi connectivity index (χ2v) is 3.47. The Bertz CT molecular complexity index is 494. The summed E-state index contributed by atoms with van der Waals surface area (Å²) in [6, 6.07) is 10.4. The van der Waals surface area contributed by atoms with Crippen molar-refractivity contribution >= 4 is 5.78 Å². The van der Waals surface area contributed by atoms with Gasteiger partial charge in [-0.3, -0.25) is 4.79 Å². The highest BCUT2D eigenvalue weighted by Gasteiger charge is 2.12. The molecule has 0 N–H and O–H groups in total. The number of ketones is 1. The summed E-state index contributed by atoms with van der Waals surface area (Å²) in [5.41, 5.74) is 0.593. The van der Waals surface area contributed by atoms with E-state index in [-0.39, 0.29) is 5.78 Å². The van der Waals surface area contributed by atoms with Crippen LogP contribution in [-0.2, 0) is 0 Å². The summed E-state index contributed by atoms with van der Waals surface area (Å²) in [5, 5.41) is 0. The largest absolute Gasteiger partial charge is 0.497 e. The SMILES string of the molecule is COc1ccc(C(=O)c2ccc(C)o2)cc1. The lowest BCUT2D eigenvalue weighted by atomic mass is 10.1. The number of methoxy groups -OCH3 is 1. The number of benzene rings is 1. The predicted octanol–water partition coefficient (Wildman–Crippen LogP) is 2.83. The van der Waals surface area contributed by atoms with Gasteiger partial charge in [-0.25, -0.2) is 0 Å². The molecule has 0 bridgehead atoms. The Labute approximate surface area is 93.7 Å². The lowest BCUT2D eigenvalue weighted by Gasteiger charge is -2.00. The molecule has 0 amide bonds. The van der Waals surface area contributed by atoms with Gasteiger partial charge in [0.05, 0.1) is 7.11 Å². The maximum atomic E-state index is 11.9. The highest BCUT2D eigenvalue weighted by Crippen LogP contribution is 2.16. The summed E-state index contributed by atoms with van der Waals surface area (Å²) in [5.74, 6) is 1.71. The van der Waals surface area contributed by atoms with Gasteiger partial charge >= 0.3 is 0 Å². The maximum absolute atomic E-state index is 11.9. The number of hydrogen-bond donors (Lipinski definition) is 0. The molecule has 0 aliphatic rings. The second kappa shape index (κ2) is 4.23. The second-order valence-electron chi connectivity index (χ2n) is 3.47. The van der Waals surface area contributed by atoms with Gasteiger partial charge in [0.1, 0.15) is 11.5 Å². The molecule has 82 valence electrons. The molecule has 1 aromatic carbocycles. The van der Waals surface area contributed by atoms with Crippen molar-refractivity contribution in [3.05, 3.63) is 53.5 Å². The minimum absolute atomic E-state index is 0.115. The molecule has 0 unspecified atom stereocenters. The van der Waals surface area contributed by atoms with Crippen LogP contribution < -0.4 is 4.74 Å². The van der Waals surface area contributed by atoms with Gasteiger partial charge in [0.25, 0.3) is 0 Å². The van der Waals surface area contributed by atoms with Crippen LogP contribution in [0.2, 0.25) is 0 Å². The van der Waals surface area contributed by atoms with Crippen molar-refractivity contribution in [2.24, 2.45) is 0 Å². The van der Waals surface area contributed by atoms with E-state index in [1.54, 1.807) is 43.5 Å². The van der Waals surface area contributed by atoms with E-state index in [0.29, 0.717) is 11.3 Å². The maximum Gasteiger partial charge on any atom is 0.228 e. The fraction of sp³-hybridized carbons (Fsp3) is 0.154. The van der Waals surface area contributed by atoms with E-state index in [2.05, 4.69) is 0 Å². The zero-order chi connectivity index (χ0) is 11.5. The van der Waals surface area contributed by atoms with Gasteiger partial charge in [0.2, 0.25) is 5.78 Å². The Morgan fingerprint density at radius 1 is 1.12 bits per heavy atom. The quantitative estimate of drug-likeness (QED) is 0.740. The average molecular weight is 216 g/mol. The van der Waals surface area contributed by atoms with Gasteiger partial charge < -0.3 is 9.15 Å². The molecule has 2 rings (SSSR count). The van der Waals surface area contributed by atoms with Crippen molar-refractivity contribution in [2.75, 3.05) is 7.11 Å². The summed E-state index contributed by atoms with van der Waals surface area (Å²) in [6.07, 6.45) is 0. The molecule has 3 nitrogen and oxygen atoms in total. The summed E-state index contributed by atoms with van der Waals surface area (Å²) in [6.45, 7) is 1.81. The van der Waals surface area contributed by atoms with E-state index in [0.717, 1.165) is 11.5 Å². The Morgan fingerprint density at radius 2 is 1.81 bits per heavy atom. The molecule has 1 heterocycles. The third-order valence-electron chi connectivity index (χ3n) is 2.32. The minimum atomic E-state index is -0.115. The standard InChI is InChI=1S/C13H12O3/c1-9-3-8-12(16-9)13(14)10-4-6-11(15-2)7-5-10/h3-8H,1-2H3. The lowest BCUT2D eigenvalue weighted by molar-refractivity contribution is 0.101. The Hall–Kier alpha value is -2.03. The first-order chi connectivity index (χ1) is 7.70. The third-order valence-corrected chi connectivity index (χ3v) is 2.32. The highest BCUT2D eigenvalue weighted by molar-refractivity contribution is 6.07. The first-order valence-corrected chi connectivity index (χ1v) is 4.96. The van der Waals surface area contributed by atoms with Gasteiger partial charge in [-0.2, -0.15) is 0 Å². The molecule has 0 spiro atoms. The third kappa shape index (κ3) is 1.98. The Balaban J connectivity index is 2.27. The molecule has 0 atom stereocenters. The molecule has 0 aliphatic carbocycles. The van der Waals surface area contributed by atoms with Crippen LogP contribution in [0.4, 0.5) is 0 Å². The number of carbonyl (C=O) groups excluding carboxylic acids is 1. The van der Waals surface area contributed by atoms with Crippen LogP contribution in [0.3, 0.4) is 0 Å².